The van der Waals surface area contributed by atoms with Gasteiger partial charge in [0.25, 0.3) is 0 Å². The zero-order chi connectivity index (χ0) is 11.0. The van der Waals surface area contributed by atoms with Gasteiger partial charge >= 0.3 is 0 Å². The summed E-state index contributed by atoms with van der Waals surface area (Å²) in [5, 5.41) is 10.8. The van der Waals surface area contributed by atoms with Crippen LogP contribution in [0.4, 0.5) is 5.00 Å². The first-order chi connectivity index (χ1) is 7.15. The molecule has 2 N–H and O–H groups in total. The van der Waals surface area contributed by atoms with Crippen molar-refractivity contribution in [3.05, 3.63) is 29.3 Å². The minimum absolute atomic E-state index is 0.412. The lowest BCUT2D eigenvalue weighted by Crippen LogP contribution is -1.90. The zero-order valence-corrected chi connectivity index (χ0v) is 9.56. The third kappa shape index (κ3) is 1.47. The molecule has 0 radical (unpaired) electrons. The normalized spacial score (nSPS) is 10.8. The lowest BCUT2D eigenvalue weighted by Gasteiger charge is -2.06. The van der Waals surface area contributed by atoms with E-state index in [1.807, 2.05) is 12.1 Å². The van der Waals surface area contributed by atoms with E-state index in [2.05, 4.69) is 26.0 Å². The van der Waals surface area contributed by atoms with Gasteiger partial charge in [-0.3, -0.25) is 0 Å². The third-order valence-corrected chi connectivity index (χ3v) is 3.49. The molecule has 0 bridgehead atoms. The number of benzene rings is 1. The summed E-state index contributed by atoms with van der Waals surface area (Å²) in [6, 6.07) is 8.31. The molecule has 1 aromatic heterocycles. The summed E-state index contributed by atoms with van der Waals surface area (Å²) in [7, 11) is 0. The second kappa shape index (κ2) is 3.56. The Morgan fingerprint density at radius 2 is 2.13 bits per heavy atom. The van der Waals surface area contributed by atoms with E-state index in [4.69, 9.17) is 11.0 Å². The van der Waals surface area contributed by atoms with Crippen LogP contribution >= 0.6 is 11.3 Å². The van der Waals surface area contributed by atoms with E-state index in [1.54, 1.807) is 0 Å². The molecule has 0 aliphatic carbocycles. The first kappa shape index (κ1) is 10.0. The first-order valence-electron chi connectivity index (χ1n) is 4.86. The molecule has 0 aliphatic rings. The summed E-state index contributed by atoms with van der Waals surface area (Å²) >= 11 is 1.49. The quantitative estimate of drug-likeness (QED) is 0.793. The molecule has 2 rings (SSSR count). The highest BCUT2D eigenvalue weighted by Crippen LogP contribution is 2.37. The molecule has 0 atom stereocenters. The van der Waals surface area contributed by atoms with Crippen molar-refractivity contribution < 1.29 is 0 Å². The van der Waals surface area contributed by atoms with Gasteiger partial charge in [0.15, 0.2) is 0 Å². The fourth-order valence-electron chi connectivity index (χ4n) is 1.79. The Bertz CT molecular complexity index is 546. The third-order valence-electron chi connectivity index (χ3n) is 2.51. The Balaban J connectivity index is 2.89. The highest BCUT2D eigenvalue weighted by molar-refractivity contribution is 7.23. The number of rotatable bonds is 1. The maximum Gasteiger partial charge on any atom is 0.105 e. The number of fused-ring (bicyclic) bond motifs is 1. The molecule has 0 fully saturated rings. The lowest BCUT2D eigenvalue weighted by atomic mass is 9.97. The largest absolute Gasteiger partial charge is 0.389 e. The van der Waals surface area contributed by atoms with Crippen LogP contribution in [0.15, 0.2) is 18.2 Å². The highest BCUT2D eigenvalue weighted by atomic mass is 32.1. The Hall–Kier alpha value is -1.53. The van der Waals surface area contributed by atoms with Crippen molar-refractivity contribution in [1.29, 1.82) is 5.26 Å². The molecule has 2 aromatic rings. The predicted octanol–water partition coefficient (Wildman–Crippen LogP) is 3.48. The van der Waals surface area contributed by atoms with Crippen LogP contribution in [0.3, 0.4) is 0 Å². The number of thiophene rings is 1. The van der Waals surface area contributed by atoms with Crippen LogP contribution in [0.1, 0.15) is 30.9 Å². The van der Waals surface area contributed by atoms with Gasteiger partial charge in [0.1, 0.15) is 11.1 Å². The second-order valence-electron chi connectivity index (χ2n) is 3.83. The minimum Gasteiger partial charge on any atom is -0.389 e. The number of hydrogen-bond acceptors (Lipinski definition) is 3. The average molecular weight is 216 g/mol. The number of anilines is 1. The molecule has 15 heavy (non-hydrogen) atoms. The summed E-state index contributed by atoms with van der Waals surface area (Å²) in [5.74, 6) is 0.412. The Morgan fingerprint density at radius 3 is 2.73 bits per heavy atom. The van der Waals surface area contributed by atoms with Crippen molar-refractivity contribution >= 4 is 26.4 Å². The molecule has 0 saturated heterocycles. The molecule has 3 heteroatoms. The van der Waals surface area contributed by atoms with Gasteiger partial charge in [-0.15, -0.1) is 11.3 Å². The SMILES string of the molecule is CC(C)c1cccc2sc(N)c(C#N)c12. The van der Waals surface area contributed by atoms with Crippen molar-refractivity contribution in [3.8, 4) is 6.07 Å². The van der Waals surface area contributed by atoms with Crippen molar-refractivity contribution in [1.82, 2.24) is 0 Å². The van der Waals surface area contributed by atoms with E-state index in [0.717, 1.165) is 10.1 Å². The van der Waals surface area contributed by atoms with Gasteiger partial charge in [0.2, 0.25) is 0 Å². The fourth-order valence-corrected chi connectivity index (χ4v) is 2.74. The smallest absolute Gasteiger partial charge is 0.105 e. The van der Waals surface area contributed by atoms with Gasteiger partial charge in [-0.25, -0.2) is 0 Å². The highest BCUT2D eigenvalue weighted by Gasteiger charge is 2.14. The molecular weight excluding hydrogens is 204 g/mol. The van der Waals surface area contributed by atoms with E-state index < -0.39 is 0 Å². The monoisotopic (exact) mass is 216 g/mol. The van der Waals surface area contributed by atoms with Crippen LogP contribution in [0.25, 0.3) is 10.1 Å². The maximum atomic E-state index is 9.09. The number of nitriles is 1. The summed E-state index contributed by atoms with van der Waals surface area (Å²) in [5.41, 5.74) is 7.67. The first-order valence-corrected chi connectivity index (χ1v) is 5.67. The van der Waals surface area contributed by atoms with Gasteiger partial charge < -0.3 is 5.73 Å². The Kier molecular flexibility index (Phi) is 2.37. The van der Waals surface area contributed by atoms with Crippen LogP contribution in [-0.2, 0) is 0 Å². The summed E-state index contributed by atoms with van der Waals surface area (Å²) in [4.78, 5) is 0. The molecule has 0 amide bonds. The van der Waals surface area contributed by atoms with Gasteiger partial charge in [-0.1, -0.05) is 26.0 Å². The zero-order valence-electron chi connectivity index (χ0n) is 8.74. The molecular formula is C12H12N2S. The molecule has 2 nitrogen and oxygen atoms in total. The number of nitrogens with two attached hydrogens (primary N) is 1. The fraction of sp³-hybridized carbons (Fsp3) is 0.250. The average Bonchev–Trinajstić information content (AvgIpc) is 2.52. The number of nitrogen functional groups attached to an aromatic ring is 1. The van der Waals surface area contributed by atoms with Crippen molar-refractivity contribution in [2.24, 2.45) is 0 Å². The number of hydrogen-bond donors (Lipinski definition) is 1. The molecule has 0 unspecified atom stereocenters. The molecule has 0 saturated carbocycles. The van der Waals surface area contributed by atoms with E-state index in [1.165, 1.54) is 16.9 Å². The van der Waals surface area contributed by atoms with E-state index in [9.17, 15) is 0 Å². The van der Waals surface area contributed by atoms with E-state index >= 15 is 0 Å². The molecule has 1 heterocycles. The van der Waals surface area contributed by atoms with Crippen molar-refractivity contribution in [3.63, 3.8) is 0 Å². The van der Waals surface area contributed by atoms with Crippen molar-refractivity contribution in [2.45, 2.75) is 19.8 Å². The Morgan fingerprint density at radius 1 is 1.40 bits per heavy atom. The van der Waals surface area contributed by atoms with Gasteiger partial charge in [-0.2, -0.15) is 5.26 Å². The maximum absolute atomic E-state index is 9.09. The van der Waals surface area contributed by atoms with Crippen LogP contribution in [-0.4, -0.2) is 0 Å². The van der Waals surface area contributed by atoms with Crippen LogP contribution < -0.4 is 5.73 Å². The Labute approximate surface area is 92.9 Å². The summed E-state index contributed by atoms with van der Waals surface area (Å²) < 4.78 is 1.11. The number of nitrogens with zero attached hydrogens (tertiary/aromatic N) is 1. The standard InChI is InChI=1S/C12H12N2S/c1-7(2)8-4-3-5-10-11(8)9(6-13)12(14)15-10/h3-5,7H,14H2,1-2H3. The molecule has 76 valence electrons. The predicted molar refractivity (Wildman–Crippen MR) is 65.0 cm³/mol. The molecule has 0 spiro atoms. The van der Waals surface area contributed by atoms with E-state index in [-0.39, 0.29) is 0 Å². The van der Waals surface area contributed by atoms with Gasteiger partial charge in [-0.05, 0) is 17.5 Å². The van der Waals surface area contributed by atoms with Gasteiger partial charge in [0.05, 0.1) is 5.56 Å². The second-order valence-corrected chi connectivity index (χ2v) is 4.91. The minimum atomic E-state index is 0.412. The van der Waals surface area contributed by atoms with E-state index in [0.29, 0.717) is 16.5 Å². The topological polar surface area (TPSA) is 49.8 Å². The summed E-state index contributed by atoms with van der Waals surface area (Å²) in [6.45, 7) is 4.26. The van der Waals surface area contributed by atoms with Crippen molar-refractivity contribution in [2.75, 3.05) is 5.73 Å². The van der Waals surface area contributed by atoms with Crippen LogP contribution in [0.5, 0.6) is 0 Å². The summed E-state index contributed by atoms with van der Waals surface area (Å²) in [6.07, 6.45) is 0. The van der Waals surface area contributed by atoms with Crippen LogP contribution in [0.2, 0.25) is 0 Å². The van der Waals surface area contributed by atoms with Gasteiger partial charge in [0, 0.05) is 10.1 Å². The van der Waals surface area contributed by atoms with Crippen LogP contribution in [0, 0.1) is 11.3 Å². The molecule has 1 aromatic carbocycles. The lowest BCUT2D eigenvalue weighted by molar-refractivity contribution is 0.876. The molecule has 0 aliphatic heterocycles.